The molecule has 0 aliphatic heterocycles. The van der Waals surface area contributed by atoms with Crippen molar-refractivity contribution in [2.24, 2.45) is 0 Å². The first kappa shape index (κ1) is 21.4. The van der Waals surface area contributed by atoms with Crippen molar-refractivity contribution in [2.75, 3.05) is 18.5 Å². The van der Waals surface area contributed by atoms with Crippen LogP contribution in [0.3, 0.4) is 0 Å². The van der Waals surface area contributed by atoms with Crippen LogP contribution in [0.15, 0.2) is 36.4 Å². The predicted molar refractivity (Wildman–Crippen MR) is 99.3 cm³/mol. The van der Waals surface area contributed by atoms with Gasteiger partial charge in [-0.1, -0.05) is 17.7 Å². The van der Waals surface area contributed by atoms with Crippen molar-refractivity contribution in [3.8, 4) is 11.5 Å². The summed E-state index contributed by atoms with van der Waals surface area (Å²) in [5.74, 6) is -1.61. The molecule has 0 spiro atoms. The summed E-state index contributed by atoms with van der Waals surface area (Å²) in [7, 11) is 0. The molecule has 2 aromatic rings. The van der Waals surface area contributed by atoms with Crippen LogP contribution in [-0.2, 0) is 9.53 Å². The van der Waals surface area contributed by atoms with Gasteiger partial charge in [-0.05, 0) is 49.7 Å². The molecule has 0 heterocycles. The van der Waals surface area contributed by atoms with Gasteiger partial charge in [-0.2, -0.15) is 8.78 Å². The van der Waals surface area contributed by atoms with Crippen LogP contribution in [0.5, 0.6) is 11.5 Å². The van der Waals surface area contributed by atoms with Gasteiger partial charge in [0.15, 0.2) is 18.1 Å². The van der Waals surface area contributed by atoms with Gasteiger partial charge in [-0.15, -0.1) is 0 Å². The molecule has 150 valence electrons. The third kappa shape index (κ3) is 5.82. The van der Waals surface area contributed by atoms with E-state index in [0.29, 0.717) is 16.3 Å². The van der Waals surface area contributed by atoms with Crippen molar-refractivity contribution in [1.82, 2.24) is 0 Å². The summed E-state index contributed by atoms with van der Waals surface area (Å²) < 4.78 is 39.3. The van der Waals surface area contributed by atoms with E-state index in [0.717, 1.165) is 0 Å². The van der Waals surface area contributed by atoms with E-state index in [4.69, 9.17) is 21.1 Å². The zero-order valence-corrected chi connectivity index (χ0v) is 15.9. The SMILES string of the molecule is CCOc1cc(C(=O)OCC(=O)Nc2cccc(Cl)c2C)ccc1OC(F)F. The highest BCUT2D eigenvalue weighted by Crippen LogP contribution is 2.30. The Morgan fingerprint density at radius 2 is 1.93 bits per heavy atom. The number of nitrogens with one attached hydrogen (secondary N) is 1. The monoisotopic (exact) mass is 413 g/mol. The maximum atomic E-state index is 12.4. The fraction of sp³-hybridized carbons (Fsp3) is 0.263. The molecule has 1 amide bonds. The average molecular weight is 414 g/mol. The zero-order chi connectivity index (χ0) is 20.7. The van der Waals surface area contributed by atoms with Crippen LogP contribution < -0.4 is 14.8 Å². The lowest BCUT2D eigenvalue weighted by Gasteiger charge is -2.13. The second-order valence-electron chi connectivity index (χ2n) is 5.51. The van der Waals surface area contributed by atoms with Crippen molar-refractivity contribution in [1.29, 1.82) is 0 Å². The molecule has 0 unspecified atom stereocenters. The van der Waals surface area contributed by atoms with E-state index in [2.05, 4.69) is 10.1 Å². The number of hydrogen-bond donors (Lipinski definition) is 1. The molecule has 0 fully saturated rings. The van der Waals surface area contributed by atoms with Gasteiger partial charge in [0.25, 0.3) is 5.91 Å². The summed E-state index contributed by atoms with van der Waals surface area (Å²) in [5.41, 5.74) is 1.21. The lowest BCUT2D eigenvalue weighted by Crippen LogP contribution is -2.21. The molecule has 2 rings (SSSR count). The van der Waals surface area contributed by atoms with Gasteiger partial charge in [0, 0.05) is 10.7 Å². The van der Waals surface area contributed by atoms with Gasteiger partial charge >= 0.3 is 12.6 Å². The second kappa shape index (κ2) is 9.89. The van der Waals surface area contributed by atoms with Crippen molar-refractivity contribution in [2.45, 2.75) is 20.5 Å². The van der Waals surface area contributed by atoms with Crippen LogP contribution in [0.2, 0.25) is 5.02 Å². The Kier molecular flexibility index (Phi) is 7.57. The minimum atomic E-state index is -3.03. The zero-order valence-electron chi connectivity index (χ0n) is 15.1. The number of benzene rings is 2. The first-order chi connectivity index (χ1) is 13.3. The molecular weight excluding hydrogens is 396 g/mol. The lowest BCUT2D eigenvalue weighted by molar-refractivity contribution is -0.119. The first-order valence-corrected chi connectivity index (χ1v) is 8.63. The van der Waals surface area contributed by atoms with Crippen LogP contribution in [0.25, 0.3) is 0 Å². The Morgan fingerprint density at radius 3 is 2.61 bits per heavy atom. The fourth-order valence-electron chi connectivity index (χ4n) is 2.24. The standard InChI is InChI=1S/C19H18ClF2NO5/c1-3-26-16-9-12(7-8-15(16)28-19(21)22)18(25)27-10-17(24)23-14-6-4-5-13(20)11(14)2/h4-9,19H,3,10H2,1-2H3,(H,23,24). The Hall–Kier alpha value is -2.87. The van der Waals surface area contributed by atoms with E-state index in [1.54, 1.807) is 32.0 Å². The van der Waals surface area contributed by atoms with Crippen molar-refractivity contribution < 1.29 is 32.6 Å². The van der Waals surface area contributed by atoms with Gasteiger partial charge in [-0.25, -0.2) is 4.79 Å². The smallest absolute Gasteiger partial charge is 0.387 e. The average Bonchev–Trinajstić information content (AvgIpc) is 2.64. The molecule has 0 aliphatic rings. The van der Waals surface area contributed by atoms with E-state index in [1.165, 1.54) is 18.2 Å². The molecule has 9 heteroatoms. The highest BCUT2D eigenvalue weighted by molar-refractivity contribution is 6.31. The van der Waals surface area contributed by atoms with Gasteiger partial charge in [0.2, 0.25) is 0 Å². The minimum absolute atomic E-state index is 0.0248. The number of halogens is 3. The number of rotatable bonds is 8. The summed E-state index contributed by atoms with van der Waals surface area (Å²) >= 11 is 5.98. The quantitative estimate of drug-likeness (QED) is 0.647. The number of ether oxygens (including phenoxy) is 3. The summed E-state index contributed by atoms with van der Waals surface area (Å²) in [6.45, 7) is 0.00102. The lowest BCUT2D eigenvalue weighted by atomic mass is 10.2. The second-order valence-corrected chi connectivity index (χ2v) is 5.92. The van der Waals surface area contributed by atoms with E-state index in [9.17, 15) is 18.4 Å². The fourth-order valence-corrected chi connectivity index (χ4v) is 2.41. The minimum Gasteiger partial charge on any atom is -0.490 e. The van der Waals surface area contributed by atoms with Crippen molar-refractivity contribution in [3.63, 3.8) is 0 Å². The highest BCUT2D eigenvalue weighted by Gasteiger charge is 2.17. The van der Waals surface area contributed by atoms with Gasteiger partial charge in [-0.3, -0.25) is 4.79 Å². The molecule has 0 aromatic heterocycles. The first-order valence-electron chi connectivity index (χ1n) is 8.25. The number of alkyl halides is 2. The number of esters is 1. The van der Waals surface area contributed by atoms with Crippen molar-refractivity contribution in [3.05, 3.63) is 52.5 Å². The molecule has 0 saturated heterocycles. The topological polar surface area (TPSA) is 73.9 Å². The Morgan fingerprint density at radius 1 is 1.18 bits per heavy atom. The van der Waals surface area contributed by atoms with E-state index < -0.39 is 25.1 Å². The largest absolute Gasteiger partial charge is 0.490 e. The number of amides is 1. The molecule has 0 aliphatic carbocycles. The van der Waals surface area contributed by atoms with Crippen molar-refractivity contribution >= 4 is 29.2 Å². The maximum Gasteiger partial charge on any atom is 0.387 e. The third-order valence-electron chi connectivity index (χ3n) is 3.57. The van der Waals surface area contributed by atoms with Gasteiger partial charge in [0.1, 0.15) is 0 Å². The number of hydrogen-bond acceptors (Lipinski definition) is 5. The van der Waals surface area contributed by atoms with E-state index in [1.807, 2.05) is 0 Å². The molecule has 28 heavy (non-hydrogen) atoms. The molecular formula is C19H18ClF2NO5. The van der Waals surface area contributed by atoms with Gasteiger partial charge in [0.05, 0.1) is 12.2 Å². The molecule has 2 aromatic carbocycles. The Bertz CT molecular complexity index is 860. The Balaban J connectivity index is 2.01. The van der Waals surface area contributed by atoms with Crippen LogP contribution in [0.1, 0.15) is 22.8 Å². The van der Waals surface area contributed by atoms with Crippen LogP contribution in [-0.4, -0.2) is 31.7 Å². The summed E-state index contributed by atoms with van der Waals surface area (Å²) in [6.07, 6.45) is 0. The number of carbonyl (C=O) groups is 2. The summed E-state index contributed by atoms with van der Waals surface area (Å²) in [5, 5.41) is 3.08. The third-order valence-corrected chi connectivity index (χ3v) is 3.98. The molecule has 0 atom stereocenters. The highest BCUT2D eigenvalue weighted by atomic mass is 35.5. The molecule has 0 saturated carbocycles. The van der Waals surface area contributed by atoms with Crippen LogP contribution in [0.4, 0.5) is 14.5 Å². The molecule has 0 radical (unpaired) electrons. The normalized spacial score (nSPS) is 10.5. The maximum absolute atomic E-state index is 12.4. The number of carbonyl (C=O) groups excluding carboxylic acids is 2. The van der Waals surface area contributed by atoms with Crippen LogP contribution in [0, 0.1) is 6.92 Å². The number of anilines is 1. The van der Waals surface area contributed by atoms with E-state index in [-0.39, 0.29) is 23.7 Å². The van der Waals surface area contributed by atoms with Crippen LogP contribution >= 0.6 is 11.6 Å². The summed E-state index contributed by atoms with van der Waals surface area (Å²) in [4.78, 5) is 24.1. The molecule has 0 bridgehead atoms. The molecule has 6 nitrogen and oxygen atoms in total. The predicted octanol–water partition coefficient (Wildman–Crippen LogP) is 4.44. The summed E-state index contributed by atoms with van der Waals surface area (Å²) in [6, 6.07) is 8.64. The molecule has 1 N–H and O–H groups in total. The Labute approximate surface area is 165 Å². The van der Waals surface area contributed by atoms with E-state index >= 15 is 0 Å². The van der Waals surface area contributed by atoms with Gasteiger partial charge < -0.3 is 19.5 Å².